The minimum atomic E-state index is 0.190. The van der Waals surface area contributed by atoms with Crippen LogP contribution in [0.15, 0.2) is 34.4 Å². The van der Waals surface area contributed by atoms with E-state index in [0.717, 1.165) is 38.3 Å². The van der Waals surface area contributed by atoms with Crippen molar-refractivity contribution in [1.82, 2.24) is 9.88 Å². The molecule has 0 spiro atoms. The van der Waals surface area contributed by atoms with Crippen molar-refractivity contribution in [2.75, 3.05) is 0 Å². The number of pyridine rings is 1. The average Bonchev–Trinajstić information content (AvgIpc) is 3.20. The number of fused-ring (bicyclic) bond motifs is 1. The molecule has 4 heteroatoms. The van der Waals surface area contributed by atoms with Crippen LogP contribution in [0.5, 0.6) is 0 Å². The summed E-state index contributed by atoms with van der Waals surface area (Å²) in [7, 11) is 0. The molecule has 0 amide bonds. The summed E-state index contributed by atoms with van der Waals surface area (Å²) in [6.07, 6.45) is 5.79. The maximum absolute atomic E-state index is 12.2. The van der Waals surface area contributed by atoms with E-state index in [1.54, 1.807) is 6.07 Å². The molecule has 1 atom stereocenters. The summed E-state index contributed by atoms with van der Waals surface area (Å²) in [5, 5.41) is 5.80. The van der Waals surface area contributed by atoms with Crippen molar-refractivity contribution in [3.63, 3.8) is 0 Å². The van der Waals surface area contributed by atoms with Crippen LogP contribution in [0.1, 0.15) is 35.4 Å². The first-order chi connectivity index (χ1) is 10.8. The lowest BCUT2D eigenvalue weighted by Gasteiger charge is -2.27. The molecule has 1 unspecified atom stereocenters. The van der Waals surface area contributed by atoms with Gasteiger partial charge in [-0.2, -0.15) is 0 Å². The van der Waals surface area contributed by atoms with Gasteiger partial charge >= 0.3 is 0 Å². The Morgan fingerprint density at radius 3 is 2.91 bits per heavy atom. The molecular weight excluding hydrogens is 292 g/mol. The summed E-state index contributed by atoms with van der Waals surface area (Å²) in [6.45, 7) is 1.90. The standard InChI is InChI=1S/C18H22N2OS/c21-18-8-5-14-10-15(19-11-16-2-1-9-22-16)6-7-17(14)20(18)12-13-3-4-13/h1-2,5,8-9,13,15,19H,3-4,6-7,10-12H2. The number of nitrogens with one attached hydrogen (secondary N) is 1. The van der Waals surface area contributed by atoms with Crippen LogP contribution in [0.4, 0.5) is 0 Å². The molecule has 116 valence electrons. The minimum Gasteiger partial charge on any atom is -0.312 e. The van der Waals surface area contributed by atoms with Gasteiger partial charge in [0, 0.05) is 35.8 Å². The van der Waals surface area contributed by atoms with Gasteiger partial charge in [0.25, 0.3) is 5.56 Å². The van der Waals surface area contributed by atoms with E-state index in [2.05, 4.69) is 33.5 Å². The average molecular weight is 314 g/mol. The van der Waals surface area contributed by atoms with Crippen LogP contribution in [-0.4, -0.2) is 10.6 Å². The third-order valence-corrected chi connectivity index (χ3v) is 5.74. The molecule has 2 aliphatic carbocycles. The normalized spacial score (nSPS) is 20.8. The van der Waals surface area contributed by atoms with Gasteiger partial charge in [0.15, 0.2) is 0 Å². The number of nitrogens with zero attached hydrogens (tertiary/aromatic N) is 1. The second-order valence-electron chi connectivity index (χ2n) is 6.60. The molecular formula is C18H22N2OS. The first kappa shape index (κ1) is 14.2. The topological polar surface area (TPSA) is 34.0 Å². The van der Waals surface area contributed by atoms with Crippen LogP contribution in [0.3, 0.4) is 0 Å². The first-order valence-electron chi connectivity index (χ1n) is 8.27. The summed E-state index contributed by atoms with van der Waals surface area (Å²) in [5.41, 5.74) is 2.86. The summed E-state index contributed by atoms with van der Waals surface area (Å²) >= 11 is 1.81. The van der Waals surface area contributed by atoms with Gasteiger partial charge in [-0.15, -0.1) is 11.3 Å². The molecule has 2 aliphatic rings. The van der Waals surface area contributed by atoms with Crippen LogP contribution in [0.2, 0.25) is 0 Å². The van der Waals surface area contributed by atoms with Crippen molar-refractivity contribution in [2.45, 2.75) is 51.2 Å². The van der Waals surface area contributed by atoms with Gasteiger partial charge in [0.2, 0.25) is 0 Å². The summed E-state index contributed by atoms with van der Waals surface area (Å²) < 4.78 is 2.06. The predicted octanol–water partition coefficient (Wildman–Crippen LogP) is 2.97. The minimum absolute atomic E-state index is 0.190. The van der Waals surface area contributed by atoms with Gasteiger partial charge in [-0.25, -0.2) is 0 Å². The fourth-order valence-electron chi connectivity index (χ4n) is 3.42. The third kappa shape index (κ3) is 3.03. The van der Waals surface area contributed by atoms with Crippen molar-refractivity contribution in [2.24, 2.45) is 5.92 Å². The molecule has 1 N–H and O–H groups in total. The monoisotopic (exact) mass is 314 g/mol. The van der Waals surface area contributed by atoms with Gasteiger partial charge in [-0.1, -0.05) is 12.1 Å². The molecule has 22 heavy (non-hydrogen) atoms. The highest BCUT2D eigenvalue weighted by Crippen LogP contribution is 2.31. The van der Waals surface area contributed by atoms with Gasteiger partial charge in [-0.05, 0) is 55.0 Å². The zero-order valence-corrected chi connectivity index (χ0v) is 13.6. The number of hydrogen-bond donors (Lipinski definition) is 1. The lowest BCUT2D eigenvalue weighted by molar-refractivity contribution is 0.437. The molecule has 2 aromatic rings. The van der Waals surface area contributed by atoms with E-state index in [4.69, 9.17) is 0 Å². The fraction of sp³-hybridized carbons (Fsp3) is 0.500. The second kappa shape index (κ2) is 6.01. The van der Waals surface area contributed by atoms with Gasteiger partial charge < -0.3 is 9.88 Å². The summed E-state index contributed by atoms with van der Waals surface area (Å²) in [4.78, 5) is 13.6. The Bertz CT molecular complexity index is 700. The van der Waals surface area contributed by atoms with E-state index in [0.29, 0.717) is 6.04 Å². The van der Waals surface area contributed by atoms with Gasteiger partial charge in [-0.3, -0.25) is 4.79 Å². The lowest BCUT2D eigenvalue weighted by Crippen LogP contribution is -2.37. The highest BCUT2D eigenvalue weighted by atomic mass is 32.1. The van der Waals surface area contributed by atoms with E-state index in [9.17, 15) is 4.79 Å². The molecule has 2 aromatic heterocycles. The van der Waals surface area contributed by atoms with E-state index < -0.39 is 0 Å². The Hall–Kier alpha value is -1.39. The van der Waals surface area contributed by atoms with E-state index in [-0.39, 0.29) is 5.56 Å². The van der Waals surface area contributed by atoms with Crippen LogP contribution < -0.4 is 10.9 Å². The molecule has 0 aliphatic heterocycles. The predicted molar refractivity (Wildman–Crippen MR) is 90.4 cm³/mol. The number of thiophene rings is 1. The summed E-state index contributed by atoms with van der Waals surface area (Å²) in [5.74, 6) is 0.749. The van der Waals surface area contributed by atoms with Gasteiger partial charge in [0.1, 0.15) is 0 Å². The first-order valence-corrected chi connectivity index (χ1v) is 9.15. The van der Waals surface area contributed by atoms with Crippen LogP contribution in [0.25, 0.3) is 0 Å². The Morgan fingerprint density at radius 1 is 1.23 bits per heavy atom. The lowest BCUT2D eigenvalue weighted by atomic mass is 9.91. The SMILES string of the molecule is O=c1ccc2c(n1CC1CC1)CCC(NCc1cccs1)C2. The zero-order valence-electron chi connectivity index (χ0n) is 12.8. The molecule has 0 bridgehead atoms. The third-order valence-electron chi connectivity index (χ3n) is 4.87. The zero-order chi connectivity index (χ0) is 14.9. The summed E-state index contributed by atoms with van der Waals surface area (Å²) in [6, 6.07) is 8.64. The molecule has 0 saturated heterocycles. The number of rotatable bonds is 5. The van der Waals surface area contributed by atoms with Crippen molar-refractivity contribution in [3.05, 3.63) is 56.1 Å². The highest BCUT2D eigenvalue weighted by Gasteiger charge is 2.26. The molecule has 1 fully saturated rings. The van der Waals surface area contributed by atoms with Crippen LogP contribution >= 0.6 is 11.3 Å². The Morgan fingerprint density at radius 2 is 2.14 bits per heavy atom. The Labute approximate surface area is 135 Å². The maximum Gasteiger partial charge on any atom is 0.250 e. The molecule has 4 rings (SSSR count). The largest absolute Gasteiger partial charge is 0.312 e. The van der Waals surface area contributed by atoms with Crippen molar-refractivity contribution in [3.8, 4) is 0 Å². The number of hydrogen-bond acceptors (Lipinski definition) is 3. The quantitative estimate of drug-likeness (QED) is 0.920. The molecule has 3 nitrogen and oxygen atoms in total. The Balaban J connectivity index is 1.47. The molecule has 0 aromatic carbocycles. The Kier molecular flexibility index (Phi) is 3.89. The van der Waals surface area contributed by atoms with Crippen LogP contribution in [0, 0.1) is 5.92 Å². The maximum atomic E-state index is 12.2. The van der Waals surface area contributed by atoms with Crippen LogP contribution in [-0.2, 0) is 25.9 Å². The van der Waals surface area contributed by atoms with Crippen molar-refractivity contribution < 1.29 is 0 Å². The van der Waals surface area contributed by atoms with Gasteiger partial charge in [0.05, 0.1) is 0 Å². The van der Waals surface area contributed by atoms with E-state index in [1.165, 1.54) is 29.0 Å². The van der Waals surface area contributed by atoms with E-state index in [1.807, 2.05) is 11.3 Å². The number of aromatic nitrogens is 1. The molecule has 0 radical (unpaired) electrons. The van der Waals surface area contributed by atoms with Crippen molar-refractivity contribution >= 4 is 11.3 Å². The smallest absolute Gasteiger partial charge is 0.250 e. The fourth-order valence-corrected chi connectivity index (χ4v) is 4.07. The molecule has 1 saturated carbocycles. The van der Waals surface area contributed by atoms with E-state index >= 15 is 0 Å². The van der Waals surface area contributed by atoms with Crippen molar-refractivity contribution in [1.29, 1.82) is 0 Å². The second-order valence-corrected chi connectivity index (χ2v) is 7.63. The highest BCUT2D eigenvalue weighted by molar-refractivity contribution is 7.09. The molecule has 2 heterocycles.